The van der Waals surface area contributed by atoms with E-state index in [1.807, 2.05) is 18.2 Å². The second-order valence-electron chi connectivity index (χ2n) is 7.06. The van der Waals surface area contributed by atoms with Gasteiger partial charge in [-0.1, -0.05) is 31.0 Å². The first-order valence-corrected chi connectivity index (χ1v) is 11.3. The Labute approximate surface area is 167 Å². The van der Waals surface area contributed by atoms with E-state index in [0.29, 0.717) is 37.4 Å². The highest BCUT2D eigenvalue weighted by Gasteiger charge is 2.24. The lowest BCUT2D eigenvalue weighted by Crippen LogP contribution is -2.31. The third-order valence-electron chi connectivity index (χ3n) is 4.96. The molecule has 28 heavy (non-hydrogen) atoms. The topological polar surface area (TPSA) is 79.4 Å². The van der Waals surface area contributed by atoms with Gasteiger partial charge in [0.15, 0.2) is 0 Å². The Balaban J connectivity index is 1.51. The minimum Gasteiger partial charge on any atom is -0.350 e. The van der Waals surface area contributed by atoms with E-state index < -0.39 is 10.0 Å². The Hall–Kier alpha value is -2.25. The number of hydrogen-bond donors (Lipinski definition) is 1. The quantitative estimate of drug-likeness (QED) is 0.774. The van der Waals surface area contributed by atoms with Crippen LogP contribution in [0.5, 0.6) is 0 Å². The Bertz CT molecular complexity index is 860. The molecule has 2 heterocycles. The van der Waals surface area contributed by atoms with E-state index in [9.17, 15) is 13.2 Å². The number of carbonyl (C=O) groups is 1. The molecule has 1 fully saturated rings. The molecule has 1 aromatic carbocycles. The average Bonchev–Trinajstić information content (AvgIpc) is 3.02. The molecule has 0 bridgehead atoms. The van der Waals surface area contributed by atoms with Crippen molar-refractivity contribution in [3.8, 4) is 0 Å². The number of pyridine rings is 1. The van der Waals surface area contributed by atoms with Crippen molar-refractivity contribution in [2.24, 2.45) is 0 Å². The standard InChI is InChI=1S/C21H27N3O3S/c25-21(23-17-19-7-3-4-14-22-19)13-10-18-8-11-20(12-9-18)28(26,27)24-15-5-1-2-6-16-24/h3-4,7-9,11-12,14H,1-2,5-6,10,13,15-17H2,(H,23,25). The lowest BCUT2D eigenvalue weighted by atomic mass is 10.1. The summed E-state index contributed by atoms with van der Waals surface area (Å²) in [4.78, 5) is 16.5. The molecule has 0 aliphatic carbocycles. The highest BCUT2D eigenvalue weighted by atomic mass is 32.2. The number of sulfonamides is 1. The molecular formula is C21H27N3O3S. The molecule has 0 radical (unpaired) electrons. The summed E-state index contributed by atoms with van der Waals surface area (Å²) in [6.07, 6.45) is 6.64. The summed E-state index contributed by atoms with van der Waals surface area (Å²) in [5.74, 6) is -0.0492. The van der Waals surface area contributed by atoms with Crippen molar-refractivity contribution in [3.63, 3.8) is 0 Å². The zero-order valence-electron chi connectivity index (χ0n) is 16.0. The van der Waals surface area contributed by atoms with Crippen molar-refractivity contribution in [1.29, 1.82) is 0 Å². The van der Waals surface area contributed by atoms with E-state index in [1.165, 1.54) is 0 Å². The van der Waals surface area contributed by atoms with Crippen molar-refractivity contribution in [3.05, 3.63) is 59.9 Å². The normalized spacial score (nSPS) is 15.7. The van der Waals surface area contributed by atoms with Crippen molar-refractivity contribution in [2.45, 2.75) is 50.0 Å². The number of carbonyl (C=O) groups excluding carboxylic acids is 1. The summed E-state index contributed by atoms with van der Waals surface area (Å²) in [6, 6.07) is 12.5. The molecule has 0 atom stereocenters. The molecule has 2 aromatic rings. The van der Waals surface area contributed by atoms with Gasteiger partial charge in [-0.3, -0.25) is 9.78 Å². The van der Waals surface area contributed by atoms with Gasteiger partial charge in [-0.25, -0.2) is 8.42 Å². The summed E-state index contributed by atoms with van der Waals surface area (Å²) >= 11 is 0. The number of amides is 1. The van der Waals surface area contributed by atoms with Crippen molar-refractivity contribution in [2.75, 3.05) is 13.1 Å². The molecule has 1 amide bonds. The van der Waals surface area contributed by atoms with E-state index in [-0.39, 0.29) is 5.91 Å². The van der Waals surface area contributed by atoms with Crippen molar-refractivity contribution >= 4 is 15.9 Å². The van der Waals surface area contributed by atoms with Gasteiger partial charge in [0, 0.05) is 25.7 Å². The van der Waals surface area contributed by atoms with E-state index >= 15 is 0 Å². The number of benzene rings is 1. The number of aryl methyl sites for hydroxylation is 1. The van der Waals surface area contributed by atoms with Gasteiger partial charge >= 0.3 is 0 Å². The Morgan fingerprint density at radius 1 is 1.00 bits per heavy atom. The van der Waals surface area contributed by atoms with Crippen LogP contribution in [0.2, 0.25) is 0 Å². The number of aromatic nitrogens is 1. The van der Waals surface area contributed by atoms with Gasteiger partial charge < -0.3 is 5.32 Å². The first kappa shape index (κ1) is 20.5. The number of rotatable bonds is 7. The molecule has 1 aromatic heterocycles. The van der Waals surface area contributed by atoms with Gasteiger partial charge in [0.2, 0.25) is 15.9 Å². The van der Waals surface area contributed by atoms with Crippen LogP contribution in [0.3, 0.4) is 0 Å². The molecule has 1 N–H and O–H groups in total. The molecule has 6 nitrogen and oxygen atoms in total. The summed E-state index contributed by atoms with van der Waals surface area (Å²) in [7, 11) is -3.43. The van der Waals surface area contributed by atoms with Crippen molar-refractivity contribution in [1.82, 2.24) is 14.6 Å². The summed E-state index contributed by atoms with van der Waals surface area (Å²) < 4.78 is 27.2. The fourth-order valence-corrected chi connectivity index (χ4v) is 4.81. The molecule has 1 aliphatic rings. The first-order valence-electron chi connectivity index (χ1n) is 9.81. The molecule has 0 saturated carbocycles. The first-order chi connectivity index (χ1) is 13.6. The minimum atomic E-state index is -3.43. The molecule has 150 valence electrons. The minimum absolute atomic E-state index is 0.0492. The van der Waals surface area contributed by atoms with Gasteiger partial charge in [0.1, 0.15) is 0 Å². The van der Waals surface area contributed by atoms with E-state index in [4.69, 9.17) is 0 Å². The predicted octanol–water partition coefficient (Wildman–Crippen LogP) is 2.90. The van der Waals surface area contributed by atoms with Crippen LogP contribution in [-0.2, 0) is 27.8 Å². The fourth-order valence-electron chi connectivity index (χ4n) is 3.30. The monoisotopic (exact) mass is 401 g/mol. The van der Waals surface area contributed by atoms with Crippen LogP contribution < -0.4 is 5.32 Å². The maximum absolute atomic E-state index is 12.8. The zero-order valence-corrected chi connectivity index (χ0v) is 16.8. The smallest absolute Gasteiger partial charge is 0.243 e. The molecule has 7 heteroatoms. The summed E-state index contributed by atoms with van der Waals surface area (Å²) in [5.41, 5.74) is 1.77. The van der Waals surface area contributed by atoms with Crippen molar-refractivity contribution < 1.29 is 13.2 Å². The van der Waals surface area contributed by atoms with Crippen LogP contribution in [0, 0.1) is 0 Å². The number of nitrogens with zero attached hydrogens (tertiary/aromatic N) is 2. The van der Waals surface area contributed by atoms with Crippen LogP contribution >= 0.6 is 0 Å². The van der Waals surface area contributed by atoms with Crippen LogP contribution in [-0.4, -0.2) is 36.7 Å². The Morgan fingerprint density at radius 2 is 1.71 bits per heavy atom. The van der Waals surface area contributed by atoms with Gasteiger partial charge in [-0.05, 0) is 49.1 Å². The molecule has 0 spiro atoms. The third-order valence-corrected chi connectivity index (χ3v) is 6.87. The number of nitrogens with one attached hydrogen (secondary N) is 1. The highest BCUT2D eigenvalue weighted by Crippen LogP contribution is 2.21. The summed E-state index contributed by atoms with van der Waals surface area (Å²) in [6.45, 7) is 1.60. The molecular weight excluding hydrogens is 374 g/mol. The second kappa shape index (κ2) is 9.80. The molecule has 1 aliphatic heterocycles. The van der Waals surface area contributed by atoms with Crippen LogP contribution in [0.15, 0.2) is 53.6 Å². The molecule has 3 rings (SSSR count). The fraction of sp³-hybridized carbons (Fsp3) is 0.429. The second-order valence-corrected chi connectivity index (χ2v) is 9.00. The predicted molar refractivity (Wildman–Crippen MR) is 108 cm³/mol. The van der Waals surface area contributed by atoms with Gasteiger partial charge in [-0.15, -0.1) is 0 Å². The van der Waals surface area contributed by atoms with Crippen LogP contribution in [0.25, 0.3) is 0 Å². The molecule has 1 saturated heterocycles. The van der Waals surface area contributed by atoms with Crippen LogP contribution in [0.4, 0.5) is 0 Å². The van der Waals surface area contributed by atoms with Crippen LogP contribution in [0.1, 0.15) is 43.4 Å². The molecule has 0 unspecified atom stereocenters. The lowest BCUT2D eigenvalue weighted by molar-refractivity contribution is -0.121. The van der Waals surface area contributed by atoms with E-state index in [0.717, 1.165) is 36.9 Å². The Kier molecular flexibility index (Phi) is 7.17. The Morgan fingerprint density at radius 3 is 2.36 bits per heavy atom. The number of hydrogen-bond acceptors (Lipinski definition) is 4. The van der Waals surface area contributed by atoms with Gasteiger partial charge in [-0.2, -0.15) is 4.31 Å². The summed E-state index contributed by atoms with van der Waals surface area (Å²) in [5, 5.41) is 2.85. The SMILES string of the molecule is O=C(CCc1ccc(S(=O)(=O)N2CCCCCC2)cc1)NCc1ccccn1. The zero-order chi connectivity index (χ0) is 19.8. The lowest BCUT2D eigenvalue weighted by Gasteiger charge is -2.20. The average molecular weight is 402 g/mol. The van der Waals surface area contributed by atoms with Gasteiger partial charge in [0.05, 0.1) is 17.1 Å². The largest absolute Gasteiger partial charge is 0.350 e. The third kappa shape index (κ3) is 5.62. The van der Waals surface area contributed by atoms with E-state index in [2.05, 4.69) is 10.3 Å². The van der Waals surface area contributed by atoms with Gasteiger partial charge in [0.25, 0.3) is 0 Å². The van der Waals surface area contributed by atoms with E-state index in [1.54, 1.807) is 34.8 Å². The maximum atomic E-state index is 12.8. The highest BCUT2D eigenvalue weighted by molar-refractivity contribution is 7.89. The maximum Gasteiger partial charge on any atom is 0.243 e.